The number of hydrogen-bond acceptors (Lipinski definition) is 7. The van der Waals surface area contributed by atoms with Crippen LogP contribution in [-0.4, -0.2) is 51.0 Å². The molecule has 0 radical (unpaired) electrons. The van der Waals surface area contributed by atoms with Crippen molar-refractivity contribution < 1.29 is 8.42 Å². The number of sulfonamides is 1. The maximum Gasteiger partial charge on any atom is 0.228 e. The number of anilines is 2. The van der Waals surface area contributed by atoms with E-state index in [1.54, 1.807) is 49.0 Å². The molecule has 0 spiro atoms. The molecule has 134 valence electrons. The third kappa shape index (κ3) is 3.93. The Kier molecular flexibility index (Phi) is 5.24. The van der Waals surface area contributed by atoms with E-state index in [0.717, 1.165) is 18.5 Å². The van der Waals surface area contributed by atoms with Crippen molar-refractivity contribution in [1.82, 2.24) is 24.2 Å². The van der Waals surface area contributed by atoms with Gasteiger partial charge in [0.25, 0.3) is 0 Å². The maximum absolute atomic E-state index is 12.3. The Hall–Kier alpha value is -2.13. The van der Waals surface area contributed by atoms with Gasteiger partial charge in [0, 0.05) is 43.8 Å². The predicted octanol–water partition coefficient (Wildman–Crippen LogP) is 1.93. The molecule has 1 saturated heterocycles. The minimum Gasteiger partial charge on any atom is -0.307 e. The first kappa shape index (κ1) is 17.7. The van der Waals surface area contributed by atoms with E-state index in [1.165, 1.54) is 0 Å². The lowest BCUT2D eigenvalue weighted by molar-refractivity contribution is 0.314. The summed E-state index contributed by atoms with van der Waals surface area (Å²) in [5.41, 5.74) is 0.830. The van der Waals surface area contributed by atoms with Crippen molar-refractivity contribution in [3.8, 4) is 0 Å². The summed E-state index contributed by atoms with van der Waals surface area (Å²) >= 11 is 0. The number of aromatic nitrogens is 4. The van der Waals surface area contributed by atoms with Crippen molar-refractivity contribution in [2.45, 2.75) is 37.9 Å². The average Bonchev–Trinajstić information content (AvgIpc) is 2.63. The Morgan fingerprint density at radius 2 is 1.68 bits per heavy atom. The lowest BCUT2D eigenvalue weighted by Gasteiger charge is -2.32. The van der Waals surface area contributed by atoms with E-state index in [-0.39, 0.29) is 5.92 Å². The summed E-state index contributed by atoms with van der Waals surface area (Å²) in [4.78, 5) is 17.1. The largest absolute Gasteiger partial charge is 0.307 e. The smallest absolute Gasteiger partial charge is 0.228 e. The Morgan fingerprint density at radius 1 is 1.04 bits per heavy atom. The molecule has 2 aromatic rings. The molecule has 25 heavy (non-hydrogen) atoms. The van der Waals surface area contributed by atoms with E-state index in [0.29, 0.717) is 24.9 Å². The highest BCUT2D eigenvalue weighted by Crippen LogP contribution is 2.32. The normalized spacial score (nSPS) is 16.9. The number of nitrogens with zero attached hydrogens (tertiary/aromatic N) is 5. The van der Waals surface area contributed by atoms with Crippen molar-refractivity contribution in [2.24, 2.45) is 0 Å². The van der Waals surface area contributed by atoms with Crippen molar-refractivity contribution in [3.63, 3.8) is 0 Å². The van der Waals surface area contributed by atoms with Crippen molar-refractivity contribution >= 4 is 21.8 Å². The molecule has 0 amide bonds. The van der Waals surface area contributed by atoms with E-state index in [9.17, 15) is 8.42 Å². The predicted molar refractivity (Wildman–Crippen MR) is 95.0 cm³/mol. The second kappa shape index (κ2) is 7.40. The van der Waals surface area contributed by atoms with Gasteiger partial charge in [-0.2, -0.15) is 0 Å². The fourth-order valence-corrected chi connectivity index (χ4v) is 4.21. The van der Waals surface area contributed by atoms with Crippen LogP contribution in [0.1, 0.15) is 38.3 Å². The topological polar surface area (TPSA) is 101 Å². The zero-order chi connectivity index (χ0) is 17.9. The highest BCUT2D eigenvalue weighted by molar-refractivity contribution is 7.89. The van der Waals surface area contributed by atoms with Crippen LogP contribution in [0.25, 0.3) is 0 Å². The van der Waals surface area contributed by atoms with Gasteiger partial charge in [0.2, 0.25) is 16.0 Å². The first-order valence-corrected chi connectivity index (χ1v) is 9.82. The standard InChI is InChI=1S/C16H22N6O2S/c1-12(2)25(23,24)22-10-4-13(5-11-22)14-15(18-9-8-17-14)21-16-19-6-3-7-20-16/h3,6-9,12-13H,4-5,10-11H2,1-2H3,(H,18,19,20,21). The van der Waals surface area contributed by atoms with Gasteiger partial charge in [-0.3, -0.25) is 4.98 Å². The molecule has 3 heterocycles. The number of rotatable bonds is 5. The van der Waals surface area contributed by atoms with Gasteiger partial charge in [0.05, 0.1) is 10.9 Å². The third-order valence-corrected chi connectivity index (χ3v) is 6.60. The van der Waals surface area contributed by atoms with Crippen LogP contribution in [-0.2, 0) is 10.0 Å². The van der Waals surface area contributed by atoms with Gasteiger partial charge in [-0.05, 0) is 32.8 Å². The highest BCUT2D eigenvalue weighted by atomic mass is 32.2. The molecule has 1 fully saturated rings. The molecule has 3 rings (SSSR count). The quantitative estimate of drug-likeness (QED) is 0.867. The van der Waals surface area contributed by atoms with Crippen LogP contribution in [0, 0.1) is 0 Å². The Bertz CT molecular complexity index is 804. The van der Waals surface area contributed by atoms with Crippen LogP contribution in [0.3, 0.4) is 0 Å². The zero-order valence-electron chi connectivity index (χ0n) is 14.3. The van der Waals surface area contributed by atoms with E-state index >= 15 is 0 Å². The molecular weight excluding hydrogens is 340 g/mol. The van der Waals surface area contributed by atoms with Crippen molar-refractivity contribution in [2.75, 3.05) is 18.4 Å². The summed E-state index contributed by atoms with van der Waals surface area (Å²) in [6.45, 7) is 4.43. The molecule has 8 nitrogen and oxygen atoms in total. The number of piperidine rings is 1. The first-order chi connectivity index (χ1) is 12.0. The van der Waals surface area contributed by atoms with E-state index < -0.39 is 15.3 Å². The summed E-state index contributed by atoms with van der Waals surface area (Å²) in [6.07, 6.45) is 8.02. The molecule has 0 aliphatic carbocycles. The highest BCUT2D eigenvalue weighted by Gasteiger charge is 2.32. The Balaban J connectivity index is 1.74. The molecule has 0 saturated carbocycles. The number of nitrogens with one attached hydrogen (secondary N) is 1. The summed E-state index contributed by atoms with van der Waals surface area (Å²) in [5, 5.41) is 2.71. The van der Waals surface area contributed by atoms with Crippen molar-refractivity contribution in [1.29, 1.82) is 0 Å². The Labute approximate surface area is 147 Å². The zero-order valence-corrected chi connectivity index (χ0v) is 15.1. The monoisotopic (exact) mass is 362 g/mol. The van der Waals surface area contributed by atoms with Crippen molar-refractivity contribution in [3.05, 3.63) is 36.5 Å². The second-order valence-corrected chi connectivity index (χ2v) is 8.74. The molecule has 1 aliphatic heterocycles. The third-order valence-electron chi connectivity index (χ3n) is 4.32. The lowest BCUT2D eigenvalue weighted by Crippen LogP contribution is -2.41. The van der Waals surface area contributed by atoms with Gasteiger partial charge >= 0.3 is 0 Å². The second-order valence-electron chi connectivity index (χ2n) is 6.25. The van der Waals surface area contributed by atoms with E-state index in [1.807, 2.05) is 0 Å². The average molecular weight is 362 g/mol. The van der Waals surface area contributed by atoms with Crippen LogP contribution in [0.5, 0.6) is 0 Å². The minimum atomic E-state index is -3.20. The van der Waals surface area contributed by atoms with Gasteiger partial charge in [0.1, 0.15) is 0 Å². The number of hydrogen-bond donors (Lipinski definition) is 1. The summed E-state index contributed by atoms with van der Waals surface area (Å²) < 4.78 is 26.2. The molecule has 0 bridgehead atoms. The van der Waals surface area contributed by atoms with E-state index in [4.69, 9.17) is 0 Å². The summed E-state index contributed by atoms with van der Waals surface area (Å²) in [6, 6.07) is 1.74. The van der Waals surface area contributed by atoms with Gasteiger partial charge in [-0.1, -0.05) is 0 Å². The summed E-state index contributed by atoms with van der Waals surface area (Å²) in [5.74, 6) is 1.24. The minimum absolute atomic E-state index is 0.151. The maximum atomic E-state index is 12.3. The molecule has 0 unspecified atom stereocenters. The van der Waals surface area contributed by atoms with Crippen LogP contribution in [0.4, 0.5) is 11.8 Å². The van der Waals surface area contributed by atoms with Crippen LogP contribution in [0.2, 0.25) is 0 Å². The van der Waals surface area contributed by atoms with Crippen LogP contribution < -0.4 is 5.32 Å². The van der Waals surface area contributed by atoms with Gasteiger partial charge in [-0.25, -0.2) is 27.7 Å². The van der Waals surface area contributed by atoms with Gasteiger partial charge in [0.15, 0.2) is 5.82 Å². The van der Waals surface area contributed by atoms with E-state index in [2.05, 4.69) is 25.3 Å². The molecule has 2 aromatic heterocycles. The molecule has 0 atom stereocenters. The fraction of sp³-hybridized carbons (Fsp3) is 0.500. The van der Waals surface area contributed by atoms with Crippen LogP contribution >= 0.6 is 0 Å². The van der Waals surface area contributed by atoms with Gasteiger partial charge < -0.3 is 5.32 Å². The van der Waals surface area contributed by atoms with Crippen LogP contribution in [0.15, 0.2) is 30.9 Å². The molecule has 0 aromatic carbocycles. The fourth-order valence-electron chi connectivity index (χ4n) is 2.90. The molecule has 9 heteroatoms. The molecular formula is C16H22N6O2S. The lowest BCUT2D eigenvalue weighted by atomic mass is 9.94. The summed E-state index contributed by atoms with van der Waals surface area (Å²) in [7, 11) is -3.20. The molecule has 1 N–H and O–H groups in total. The SMILES string of the molecule is CC(C)S(=O)(=O)N1CCC(c2nccnc2Nc2ncccn2)CC1. The molecule has 1 aliphatic rings. The first-order valence-electron chi connectivity index (χ1n) is 8.32. The Morgan fingerprint density at radius 3 is 2.32 bits per heavy atom. The van der Waals surface area contributed by atoms with Gasteiger partial charge in [-0.15, -0.1) is 0 Å².